The highest BCUT2D eigenvalue weighted by molar-refractivity contribution is 7.88. The molecule has 0 spiro atoms. The molecule has 1 atom stereocenters. The number of carbonyl (C=O) groups is 1. The summed E-state index contributed by atoms with van der Waals surface area (Å²) in [5, 5.41) is 2.88. The Morgan fingerprint density at radius 2 is 2.14 bits per heavy atom. The van der Waals surface area contributed by atoms with Gasteiger partial charge < -0.3 is 11.1 Å². The molecular formula is C14H19N3O2S2. The van der Waals surface area contributed by atoms with E-state index in [2.05, 4.69) is 10.3 Å². The number of amides is 1. The Bertz CT molecular complexity index is 665. The van der Waals surface area contributed by atoms with Crippen LogP contribution in [0.1, 0.15) is 26.7 Å². The van der Waals surface area contributed by atoms with Crippen LogP contribution in [0.25, 0.3) is 10.2 Å². The molecule has 0 saturated heterocycles. The number of benzene rings is 1. The molecule has 0 bridgehead atoms. The first-order valence-electron chi connectivity index (χ1n) is 6.87. The molecule has 3 N–H and O–H groups in total. The summed E-state index contributed by atoms with van der Waals surface area (Å²) in [6, 6.07) is 5.50. The third-order valence-electron chi connectivity index (χ3n) is 3.20. The van der Waals surface area contributed by atoms with E-state index in [0.717, 1.165) is 23.1 Å². The molecule has 0 aliphatic rings. The highest BCUT2D eigenvalue weighted by Crippen LogP contribution is 2.26. The van der Waals surface area contributed by atoms with Gasteiger partial charge in [-0.05, 0) is 31.0 Å². The summed E-state index contributed by atoms with van der Waals surface area (Å²) in [5.41, 5.74) is 7.12. The normalized spacial score (nSPS) is 12.7. The molecule has 0 radical (unpaired) electrons. The Morgan fingerprint density at radius 1 is 1.43 bits per heavy atom. The molecule has 5 nitrogen and oxygen atoms in total. The number of thiazole rings is 1. The molecule has 0 saturated carbocycles. The maximum atomic E-state index is 12.2. The van der Waals surface area contributed by atoms with Crippen LogP contribution in [-0.2, 0) is 15.6 Å². The first-order chi connectivity index (χ1) is 10.0. The molecule has 1 heterocycles. The van der Waals surface area contributed by atoms with Crippen molar-refractivity contribution in [3.8, 4) is 0 Å². The Kier molecular flexibility index (Phi) is 5.30. The number of hydrogen-bond donors (Lipinski definition) is 2. The van der Waals surface area contributed by atoms with Crippen molar-refractivity contribution in [2.24, 2.45) is 0 Å². The van der Waals surface area contributed by atoms with E-state index in [1.54, 1.807) is 18.2 Å². The molecule has 0 aliphatic heterocycles. The summed E-state index contributed by atoms with van der Waals surface area (Å²) < 4.78 is 13.6. The highest BCUT2D eigenvalue weighted by Gasteiger charge is 2.16. The molecule has 2 aromatic rings. The van der Waals surface area contributed by atoms with Gasteiger partial charge in [0.05, 0.1) is 21.0 Å². The molecule has 1 aromatic carbocycles. The molecule has 1 aromatic heterocycles. The molecule has 0 fully saturated rings. The van der Waals surface area contributed by atoms with Gasteiger partial charge in [-0.1, -0.05) is 13.8 Å². The van der Waals surface area contributed by atoms with E-state index in [-0.39, 0.29) is 17.7 Å². The van der Waals surface area contributed by atoms with Crippen LogP contribution in [0, 0.1) is 0 Å². The number of aromatic nitrogens is 1. The number of nitrogens with one attached hydrogen (secondary N) is 1. The largest absolute Gasteiger partial charge is 0.399 e. The van der Waals surface area contributed by atoms with Crippen molar-refractivity contribution in [2.45, 2.75) is 37.1 Å². The number of anilines is 1. The fraction of sp³-hybridized carbons (Fsp3) is 0.429. The van der Waals surface area contributed by atoms with Gasteiger partial charge in [-0.3, -0.25) is 9.00 Å². The SMILES string of the molecule is CCC(CC)NC(=O)CS(=O)c1nc2ccc(N)cc2s1. The minimum Gasteiger partial charge on any atom is -0.399 e. The van der Waals surface area contributed by atoms with E-state index in [0.29, 0.717) is 10.0 Å². The van der Waals surface area contributed by atoms with E-state index >= 15 is 0 Å². The van der Waals surface area contributed by atoms with Crippen LogP contribution < -0.4 is 11.1 Å². The Morgan fingerprint density at radius 3 is 2.81 bits per heavy atom. The molecular weight excluding hydrogens is 306 g/mol. The predicted octanol–water partition coefficient (Wildman–Crippen LogP) is 2.29. The number of rotatable bonds is 6. The van der Waals surface area contributed by atoms with Crippen LogP contribution >= 0.6 is 11.3 Å². The number of nitrogens with zero attached hydrogens (tertiary/aromatic N) is 1. The van der Waals surface area contributed by atoms with Gasteiger partial charge >= 0.3 is 0 Å². The van der Waals surface area contributed by atoms with E-state index < -0.39 is 10.8 Å². The fourth-order valence-corrected chi connectivity index (χ4v) is 4.17. The lowest BCUT2D eigenvalue weighted by Gasteiger charge is -2.13. The average molecular weight is 325 g/mol. The lowest BCUT2D eigenvalue weighted by Crippen LogP contribution is -2.36. The Labute approximate surface area is 130 Å². The summed E-state index contributed by atoms with van der Waals surface area (Å²) in [6.07, 6.45) is 1.74. The smallest absolute Gasteiger partial charge is 0.233 e. The lowest BCUT2D eigenvalue weighted by molar-refractivity contribution is -0.119. The fourth-order valence-electron chi connectivity index (χ4n) is 1.96. The third kappa shape index (κ3) is 4.01. The predicted molar refractivity (Wildman–Crippen MR) is 87.8 cm³/mol. The third-order valence-corrected chi connectivity index (χ3v) is 5.83. The molecule has 1 amide bonds. The van der Waals surface area contributed by atoms with E-state index in [4.69, 9.17) is 5.73 Å². The van der Waals surface area contributed by atoms with Crippen LogP contribution in [0.15, 0.2) is 22.5 Å². The second-order valence-electron chi connectivity index (χ2n) is 4.78. The van der Waals surface area contributed by atoms with Crippen LogP contribution in [0.4, 0.5) is 5.69 Å². The maximum Gasteiger partial charge on any atom is 0.233 e. The molecule has 2 rings (SSSR count). The molecule has 21 heavy (non-hydrogen) atoms. The first-order valence-corrected chi connectivity index (χ1v) is 9.00. The van der Waals surface area contributed by atoms with E-state index in [9.17, 15) is 9.00 Å². The van der Waals surface area contributed by atoms with Crippen molar-refractivity contribution >= 4 is 43.9 Å². The topological polar surface area (TPSA) is 85.1 Å². The zero-order chi connectivity index (χ0) is 15.4. The van der Waals surface area contributed by atoms with Crippen molar-refractivity contribution in [1.29, 1.82) is 0 Å². The summed E-state index contributed by atoms with van der Waals surface area (Å²) in [5.74, 6) is -0.243. The summed E-state index contributed by atoms with van der Waals surface area (Å²) in [4.78, 5) is 16.2. The van der Waals surface area contributed by atoms with Gasteiger partial charge in [-0.25, -0.2) is 4.98 Å². The minimum atomic E-state index is -1.42. The molecule has 0 aliphatic carbocycles. The van der Waals surface area contributed by atoms with Gasteiger partial charge in [0.1, 0.15) is 5.75 Å². The Hall–Kier alpha value is -1.47. The minimum absolute atomic E-state index is 0.0498. The van der Waals surface area contributed by atoms with Crippen LogP contribution in [-0.4, -0.2) is 26.9 Å². The van der Waals surface area contributed by atoms with Crippen LogP contribution in [0.3, 0.4) is 0 Å². The highest BCUT2D eigenvalue weighted by atomic mass is 32.2. The number of nitrogens with two attached hydrogens (primary N) is 1. The van der Waals surface area contributed by atoms with Gasteiger partial charge in [0.15, 0.2) is 4.34 Å². The molecule has 7 heteroatoms. The summed E-state index contributed by atoms with van der Waals surface area (Å²) in [6.45, 7) is 4.03. The lowest BCUT2D eigenvalue weighted by atomic mass is 10.2. The van der Waals surface area contributed by atoms with Gasteiger partial charge in [0.2, 0.25) is 5.91 Å². The monoisotopic (exact) mass is 325 g/mol. The second kappa shape index (κ2) is 7.00. The zero-order valence-corrected chi connectivity index (χ0v) is 13.7. The van der Waals surface area contributed by atoms with E-state index in [1.807, 2.05) is 13.8 Å². The second-order valence-corrected chi connectivity index (χ2v) is 7.43. The number of hydrogen-bond acceptors (Lipinski definition) is 5. The quantitative estimate of drug-likeness (QED) is 0.798. The standard InChI is InChI=1S/C14H19N3O2S2/c1-3-10(4-2)16-13(18)8-21(19)14-17-11-6-5-9(15)7-12(11)20-14/h5-7,10H,3-4,8,15H2,1-2H3,(H,16,18). The van der Waals surface area contributed by atoms with Crippen LogP contribution in [0.5, 0.6) is 0 Å². The zero-order valence-electron chi connectivity index (χ0n) is 12.1. The maximum absolute atomic E-state index is 12.2. The van der Waals surface area contributed by atoms with Gasteiger partial charge in [0, 0.05) is 11.7 Å². The Balaban J connectivity index is 2.06. The molecule has 114 valence electrons. The summed E-state index contributed by atoms with van der Waals surface area (Å²) in [7, 11) is -1.42. The van der Waals surface area contributed by atoms with Crippen molar-refractivity contribution in [2.75, 3.05) is 11.5 Å². The van der Waals surface area contributed by atoms with Crippen molar-refractivity contribution in [3.63, 3.8) is 0 Å². The van der Waals surface area contributed by atoms with Crippen LogP contribution in [0.2, 0.25) is 0 Å². The number of nitrogen functional groups attached to an aromatic ring is 1. The van der Waals surface area contributed by atoms with Gasteiger partial charge in [-0.15, -0.1) is 11.3 Å². The van der Waals surface area contributed by atoms with Gasteiger partial charge in [-0.2, -0.15) is 0 Å². The van der Waals surface area contributed by atoms with Crippen molar-refractivity contribution in [3.05, 3.63) is 18.2 Å². The van der Waals surface area contributed by atoms with Crippen molar-refractivity contribution in [1.82, 2.24) is 10.3 Å². The first kappa shape index (κ1) is 15.9. The summed E-state index contributed by atoms with van der Waals surface area (Å²) >= 11 is 1.32. The number of fused-ring (bicyclic) bond motifs is 1. The molecule has 1 unspecified atom stereocenters. The van der Waals surface area contributed by atoms with Gasteiger partial charge in [0.25, 0.3) is 0 Å². The van der Waals surface area contributed by atoms with E-state index in [1.165, 1.54) is 11.3 Å². The average Bonchev–Trinajstić information content (AvgIpc) is 2.87. The number of carbonyl (C=O) groups excluding carboxylic acids is 1. The van der Waals surface area contributed by atoms with Crippen molar-refractivity contribution < 1.29 is 9.00 Å².